The van der Waals surface area contributed by atoms with E-state index in [2.05, 4.69) is 25.4 Å². The fourth-order valence-corrected chi connectivity index (χ4v) is 3.54. The van der Waals surface area contributed by atoms with Crippen LogP contribution in [0.3, 0.4) is 0 Å². The monoisotopic (exact) mass is 316 g/mol. The number of amides is 1. The molecule has 0 spiro atoms. The third-order valence-electron chi connectivity index (χ3n) is 4.70. The number of hydrogen-bond donors (Lipinski definition) is 1. The molecule has 0 bridgehead atoms. The summed E-state index contributed by atoms with van der Waals surface area (Å²) in [6, 6.07) is 3.98. The van der Waals surface area contributed by atoms with Crippen molar-refractivity contribution in [3.05, 3.63) is 30.9 Å². The summed E-state index contributed by atoms with van der Waals surface area (Å²) in [7, 11) is 0. The molecule has 124 valence electrons. The van der Waals surface area contributed by atoms with Gasteiger partial charge in [-0.1, -0.05) is 19.3 Å². The van der Waals surface area contributed by atoms with Gasteiger partial charge in [-0.25, -0.2) is 4.68 Å². The van der Waals surface area contributed by atoms with E-state index in [0.29, 0.717) is 13.0 Å². The summed E-state index contributed by atoms with van der Waals surface area (Å²) in [5.74, 6) is 0.132. The van der Waals surface area contributed by atoms with Crippen LogP contribution in [0.25, 0.3) is 0 Å². The zero-order valence-electron chi connectivity index (χ0n) is 13.4. The standard InChI is InChI=1S/C16H24N6O/c23-15(17-8-11-21-9-4-5-10-21)12-16(6-2-1-3-7-16)13-22-14-18-19-20-22/h4-5,9-10,14H,1-3,6-8,11-13H2,(H,17,23). The van der Waals surface area contributed by atoms with Crippen LogP contribution in [0.2, 0.25) is 0 Å². The summed E-state index contributed by atoms with van der Waals surface area (Å²) >= 11 is 0. The number of rotatable bonds is 7. The van der Waals surface area contributed by atoms with Crippen molar-refractivity contribution in [1.29, 1.82) is 0 Å². The van der Waals surface area contributed by atoms with Gasteiger partial charge in [-0.3, -0.25) is 4.79 Å². The van der Waals surface area contributed by atoms with E-state index in [1.54, 1.807) is 11.0 Å². The Balaban J connectivity index is 1.53. The average Bonchev–Trinajstić information content (AvgIpc) is 3.21. The molecule has 1 amide bonds. The summed E-state index contributed by atoms with van der Waals surface area (Å²) < 4.78 is 3.83. The van der Waals surface area contributed by atoms with Gasteiger partial charge in [0, 0.05) is 31.9 Å². The lowest BCUT2D eigenvalue weighted by Gasteiger charge is -2.36. The van der Waals surface area contributed by atoms with Crippen LogP contribution in [0.4, 0.5) is 0 Å². The molecule has 0 aromatic carbocycles. The third kappa shape index (κ3) is 4.40. The van der Waals surface area contributed by atoms with Crippen molar-refractivity contribution in [3.8, 4) is 0 Å². The number of carbonyl (C=O) groups excluding carboxylic acids is 1. The van der Waals surface area contributed by atoms with Crippen molar-refractivity contribution in [1.82, 2.24) is 30.1 Å². The van der Waals surface area contributed by atoms with Crippen LogP contribution in [0.15, 0.2) is 30.9 Å². The van der Waals surface area contributed by atoms with E-state index in [-0.39, 0.29) is 11.3 Å². The summed E-state index contributed by atoms with van der Waals surface area (Å²) in [4.78, 5) is 12.4. The number of nitrogens with zero attached hydrogens (tertiary/aromatic N) is 5. The van der Waals surface area contributed by atoms with Crippen molar-refractivity contribution < 1.29 is 4.79 Å². The Hall–Kier alpha value is -2.18. The number of nitrogens with one attached hydrogen (secondary N) is 1. The Kier molecular flexibility index (Phi) is 5.05. The highest BCUT2D eigenvalue weighted by Crippen LogP contribution is 2.40. The van der Waals surface area contributed by atoms with Crippen LogP contribution in [-0.4, -0.2) is 37.2 Å². The topological polar surface area (TPSA) is 77.6 Å². The smallest absolute Gasteiger partial charge is 0.220 e. The Morgan fingerprint density at radius 3 is 2.65 bits per heavy atom. The zero-order chi connectivity index (χ0) is 16.0. The van der Waals surface area contributed by atoms with Gasteiger partial charge >= 0.3 is 0 Å². The molecule has 2 heterocycles. The van der Waals surface area contributed by atoms with Crippen LogP contribution in [-0.2, 0) is 17.9 Å². The minimum atomic E-state index is -0.00877. The van der Waals surface area contributed by atoms with E-state index in [9.17, 15) is 4.79 Å². The Labute approximate surface area is 136 Å². The molecule has 0 atom stereocenters. The Bertz CT molecular complexity index is 586. The first-order chi connectivity index (χ1) is 11.3. The van der Waals surface area contributed by atoms with Gasteiger partial charge in [0.05, 0.1) is 6.54 Å². The second-order valence-corrected chi connectivity index (χ2v) is 6.52. The van der Waals surface area contributed by atoms with Crippen LogP contribution in [0.1, 0.15) is 38.5 Å². The van der Waals surface area contributed by atoms with Gasteiger partial charge in [-0.15, -0.1) is 5.10 Å². The molecule has 1 aliphatic rings. The molecule has 1 N–H and O–H groups in total. The average molecular weight is 316 g/mol. The fraction of sp³-hybridized carbons (Fsp3) is 0.625. The SMILES string of the molecule is O=C(CC1(Cn2cnnn2)CCCCC1)NCCn1cccc1. The van der Waals surface area contributed by atoms with Crippen LogP contribution in [0.5, 0.6) is 0 Å². The maximum absolute atomic E-state index is 12.4. The van der Waals surface area contributed by atoms with Gasteiger partial charge in [0.15, 0.2) is 0 Å². The van der Waals surface area contributed by atoms with Crippen LogP contribution in [0, 0.1) is 5.41 Å². The van der Waals surface area contributed by atoms with Crippen molar-refractivity contribution in [2.75, 3.05) is 6.54 Å². The molecule has 1 saturated carbocycles. The maximum Gasteiger partial charge on any atom is 0.220 e. The number of aromatic nitrogens is 5. The van der Waals surface area contributed by atoms with E-state index < -0.39 is 0 Å². The highest BCUT2D eigenvalue weighted by Gasteiger charge is 2.35. The van der Waals surface area contributed by atoms with Crippen LogP contribution >= 0.6 is 0 Å². The second kappa shape index (κ2) is 7.39. The summed E-state index contributed by atoms with van der Waals surface area (Å²) in [5.41, 5.74) is -0.00877. The molecule has 0 radical (unpaired) electrons. The number of hydrogen-bond acceptors (Lipinski definition) is 4. The van der Waals surface area contributed by atoms with Crippen molar-refractivity contribution in [2.24, 2.45) is 5.41 Å². The quantitative estimate of drug-likeness (QED) is 0.842. The lowest BCUT2D eigenvalue weighted by Crippen LogP contribution is -2.37. The molecular weight excluding hydrogens is 292 g/mol. The van der Waals surface area contributed by atoms with E-state index in [4.69, 9.17) is 0 Å². The van der Waals surface area contributed by atoms with E-state index in [0.717, 1.165) is 25.9 Å². The van der Waals surface area contributed by atoms with Crippen molar-refractivity contribution >= 4 is 5.91 Å². The van der Waals surface area contributed by atoms with Gasteiger partial charge in [0.1, 0.15) is 6.33 Å². The maximum atomic E-state index is 12.4. The van der Waals surface area contributed by atoms with Crippen molar-refractivity contribution in [3.63, 3.8) is 0 Å². The largest absolute Gasteiger partial charge is 0.354 e. The molecule has 1 aliphatic carbocycles. The fourth-order valence-electron chi connectivity index (χ4n) is 3.54. The molecule has 1 fully saturated rings. The first-order valence-electron chi connectivity index (χ1n) is 8.34. The molecule has 0 unspecified atom stereocenters. The van der Waals surface area contributed by atoms with E-state index in [1.807, 2.05) is 24.5 Å². The van der Waals surface area contributed by atoms with Crippen LogP contribution < -0.4 is 5.32 Å². The van der Waals surface area contributed by atoms with E-state index >= 15 is 0 Å². The number of carbonyl (C=O) groups is 1. The molecule has 7 heteroatoms. The third-order valence-corrected chi connectivity index (χ3v) is 4.70. The van der Waals surface area contributed by atoms with Crippen molar-refractivity contribution in [2.45, 2.75) is 51.6 Å². The molecule has 7 nitrogen and oxygen atoms in total. The molecule has 0 aliphatic heterocycles. The van der Waals surface area contributed by atoms with Gasteiger partial charge in [0.25, 0.3) is 0 Å². The second-order valence-electron chi connectivity index (χ2n) is 6.52. The molecule has 2 aromatic rings. The lowest BCUT2D eigenvalue weighted by molar-refractivity contribution is -0.124. The van der Waals surface area contributed by atoms with Gasteiger partial charge in [-0.05, 0) is 40.8 Å². The highest BCUT2D eigenvalue weighted by molar-refractivity contribution is 5.76. The lowest BCUT2D eigenvalue weighted by atomic mass is 9.71. The van der Waals surface area contributed by atoms with E-state index in [1.165, 1.54) is 19.3 Å². The van der Waals surface area contributed by atoms with Gasteiger partial charge in [-0.2, -0.15) is 0 Å². The first-order valence-corrected chi connectivity index (χ1v) is 8.34. The molecule has 3 rings (SSSR count). The molecule has 0 saturated heterocycles. The summed E-state index contributed by atoms with van der Waals surface area (Å²) in [6.45, 7) is 2.19. The highest BCUT2D eigenvalue weighted by atomic mass is 16.1. The molecular formula is C16H24N6O. The predicted molar refractivity (Wildman–Crippen MR) is 85.4 cm³/mol. The summed E-state index contributed by atoms with van der Waals surface area (Å²) in [6.07, 6.45) is 12.0. The number of tetrazole rings is 1. The van der Waals surface area contributed by atoms with Gasteiger partial charge < -0.3 is 9.88 Å². The summed E-state index contributed by atoms with van der Waals surface area (Å²) in [5, 5.41) is 14.4. The minimum Gasteiger partial charge on any atom is -0.354 e. The normalized spacial score (nSPS) is 17.0. The first kappa shape index (κ1) is 15.7. The molecule has 2 aromatic heterocycles. The Morgan fingerprint density at radius 2 is 1.96 bits per heavy atom. The predicted octanol–water partition coefficient (Wildman–Crippen LogP) is 1.63. The van der Waals surface area contributed by atoms with Gasteiger partial charge in [0.2, 0.25) is 5.91 Å². The zero-order valence-corrected chi connectivity index (χ0v) is 13.4. The minimum absolute atomic E-state index is 0.00877. The molecule has 23 heavy (non-hydrogen) atoms. The Morgan fingerprint density at radius 1 is 1.17 bits per heavy atom.